The van der Waals surface area contributed by atoms with Crippen molar-refractivity contribution in [1.82, 2.24) is 30.0 Å². The first-order valence-electron chi connectivity index (χ1n) is 23.3. The van der Waals surface area contributed by atoms with Gasteiger partial charge >= 0.3 is 0 Å². The van der Waals surface area contributed by atoms with Gasteiger partial charge in [0, 0.05) is 81.1 Å². The molecule has 3 aromatic carbocycles. The molecule has 0 radical (unpaired) electrons. The van der Waals surface area contributed by atoms with Gasteiger partial charge in [0.25, 0.3) is 5.91 Å². The van der Waals surface area contributed by atoms with Crippen LogP contribution in [0.1, 0.15) is 46.4 Å². The van der Waals surface area contributed by atoms with E-state index in [2.05, 4.69) is 42.7 Å². The molecule has 3 heterocycles. The van der Waals surface area contributed by atoms with E-state index in [0.29, 0.717) is 131 Å². The number of likely N-dealkylation sites (N-methyl/N-ethyl adjacent to an activating group) is 1. The van der Waals surface area contributed by atoms with Crippen molar-refractivity contribution in [3.8, 4) is 5.75 Å². The molecule has 6 rings (SSSR count). The molecule has 22 heteroatoms. The van der Waals surface area contributed by atoms with Crippen LogP contribution in [-0.4, -0.2) is 172 Å². The normalized spacial score (nSPS) is 15.0. The Hall–Kier alpha value is -6.62. The highest BCUT2D eigenvalue weighted by molar-refractivity contribution is 6.31. The molecule has 380 valence electrons. The van der Waals surface area contributed by atoms with E-state index >= 15 is 0 Å². The molecule has 71 heavy (non-hydrogen) atoms. The van der Waals surface area contributed by atoms with Gasteiger partial charge in [0.2, 0.25) is 23.6 Å². The Kier molecular flexibility index (Phi) is 21.0. The van der Waals surface area contributed by atoms with E-state index in [1.54, 1.807) is 24.3 Å². The highest BCUT2D eigenvalue weighted by atomic mass is 35.5. The van der Waals surface area contributed by atoms with Crippen LogP contribution in [0.15, 0.2) is 67.5 Å². The maximum absolute atomic E-state index is 13.7. The van der Waals surface area contributed by atoms with Gasteiger partial charge in [-0.2, -0.15) is 0 Å². The molecule has 2 aliphatic heterocycles. The zero-order valence-corrected chi connectivity index (χ0v) is 40.3. The number of rotatable bonds is 28. The summed E-state index contributed by atoms with van der Waals surface area (Å²) in [5.74, 6) is -1.52. The summed E-state index contributed by atoms with van der Waals surface area (Å²) in [7, 11) is 1.47. The molecule has 2 saturated heterocycles. The average molecular weight is 1000 g/mol. The van der Waals surface area contributed by atoms with E-state index in [1.165, 1.54) is 42.5 Å². The molecule has 5 amide bonds. The fourth-order valence-electron chi connectivity index (χ4n) is 7.75. The van der Waals surface area contributed by atoms with Crippen LogP contribution >= 0.6 is 11.6 Å². The number of piperazine rings is 1. The van der Waals surface area contributed by atoms with Crippen LogP contribution in [0, 0.1) is 5.82 Å². The van der Waals surface area contributed by atoms with E-state index in [-0.39, 0.29) is 47.2 Å². The quantitative estimate of drug-likeness (QED) is 0.0266. The number of anilines is 4. The highest BCUT2D eigenvalue weighted by Crippen LogP contribution is 2.34. The van der Waals surface area contributed by atoms with Crippen molar-refractivity contribution >= 4 is 81.2 Å². The minimum atomic E-state index is -0.828. The number of halogens is 2. The van der Waals surface area contributed by atoms with Crippen molar-refractivity contribution in [2.75, 3.05) is 122 Å². The van der Waals surface area contributed by atoms with Crippen LogP contribution < -0.4 is 26.0 Å². The van der Waals surface area contributed by atoms with Gasteiger partial charge < -0.3 is 49.4 Å². The lowest BCUT2D eigenvalue weighted by molar-refractivity contribution is -0.137. The summed E-state index contributed by atoms with van der Waals surface area (Å²) >= 11 is 5.96. The highest BCUT2D eigenvalue weighted by Gasteiger charge is 2.34. The second-order valence-electron chi connectivity index (χ2n) is 16.4. The first-order valence-corrected chi connectivity index (χ1v) is 23.6. The average Bonchev–Trinajstić information content (AvgIpc) is 3.37. The van der Waals surface area contributed by atoms with Gasteiger partial charge in [0.1, 0.15) is 29.8 Å². The van der Waals surface area contributed by atoms with Gasteiger partial charge in [-0.05, 0) is 49.2 Å². The number of fused-ring (bicyclic) bond motifs is 1. The predicted molar refractivity (Wildman–Crippen MR) is 263 cm³/mol. The monoisotopic (exact) mass is 1000 g/mol. The van der Waals surface area contributed by atoms with Crippen LogP contribution in [0.3, 0.4) is 0 Å². The van der Waals surface area contributed by atoms with E-state index in [1.807, 2.05) is 4.90 Å². The lowest BCUT2D eigenvalue weighted by atomic mass is 10.0. The number of hydrogen-bond acceptors (Lipinski definition) is 16. The molecule has 1 unspecified atom stereocenters. The number of piperidine rings is 1. The largest absolute Gasteiger partial charge is 0.491 e. The van der Waals surface area contributed by atoms with Crippen LogP contribution in [0.25, 0.3) is 10.9 Å². The van der Waals surface area contributed by atoms with Gasteiger partial charge in [-0.3, -0.25) is 39.0 Å². The number of ether oxygens (including phenoxy) is 5. The number of nitrogens with one attached hydrogen (secondary N) is 4. The summed E-state index contributed by atoms with van der Waals surface area (Å²) < 4.78 is 42.3. The van der Waals surface area contributed by atoms with Crippen molar-refractivity contribution in [3.05, 3.63) is 89.5 Å². The Bertz CT molecular complexity index is 2510. The molecule has 4 aromatic rings. The number of benzene rings is 3. The number of nitrogens with zero attached hydrogens (tertiary/aromatic N) is 5. The summed E-state index contributed by atoms with van der Waals surface area (Å²) in [5.41, 5.74) is 2.22. The molecule has 0 bridgehead atoms. The molecule has 0 aliphatic carbocycles. The van der Waals surface area contributed by atoms with Gasteiger partial charge in [0.05, 0.1) is 87.7 Å². The zero-order chi connectivity index (χ0) is 50.5. The van der Waals surface area contributed by atoms with Crippen LogP contribution in [0.2, 0.25) is 5.02 Å². The summed E-state index contributed by atoms with van der Waals surface area (Å²) in [5, 5.41) is 11.9. The smallest absolute Gasteiger partial charge is 0.257 e. The maximum Gasteiger partial charge on any atom is 0.257 e. The summed E-state index contributed by atoms with van der Waals surface area (Å²) in [6.45, 7) is 10.4. The number of aldehydes is 1. The fraction of sp³-hybridized carbons (Fsp3) is 0.429. The van der Waals surface area contributed by atoms with Crippen molar-refractivity contribution in [3.63, 3.8) is 0 Å². The minimum Gasteiger partial charge on any atom is -0.491 e. The topological polar surface area (TPSA) is 232 Å². The SMILES string of the molecule is C=CC(=O)Nc1cc2c(Nc3ccc(F)c(Cl)c3)ncnc2cc1OCCCN1CCN(C(=O)CCOCCOCCOCCOCCNc2cccc(C=O)c2C(=O)N(C)C2CCC(=O)NC2=O)CC1. The number of imide groups is 1. The lowest BCUT2D eigenvalue weighted by Crippen LogP contribution is -2.53. The molecule has 1 aromatic heterocycles. The molecule has 20 nitrogen and oxygen atoms in total. The van der Waals surface area contributed by atoms with Gasteiger partial charge in [-0.15, -0.1) is 0 Å². The fourth-order valence-corrected chi connectivity index (χ4v) is 7.93. The molecular weight excluding hydrogens is 945 g/mol. The third kappa shape index (κ3) is 15.9. The standard InChI is InChI=1S/C49H59ClFN9O11/c1-3-43(62)56-40-29-35-39(53-32-54-47(35)55-34-8-9-37(51)36(50)28-34)30-42(40)71-19-5-14-59-15-17-60(18-16-59)45(64)12-20-67-22-24-69-26-27-70-25-23-68-21-13-52-38-7-4-6-33(31-61)46(38)49(66)58(2)41-10-11-44(63)57-48(41)65/h3-4,6-9,28-32,41,52H,1,5,10-27H2,2H3,(H,56,62)(H,53,54,55)(H,57,63,65). The van der Waals surface area contributed by atoms with Crippen molar-refractivity contribution < 1.29 is 56.8 Å². The van der Waals surface area contributed by atoms with E-state index < -0.39 is 29.6 Å². The second-order valence-corrected chi connectivity index (χ2v) is 16.8. The molecule has 2 fully saturated rings. The molecular formula is C49H59ClFN9O11. The maximum atomic E-state index is 13.7. The summed E-state index contributed by atoms with van der Waals surface area (Å²) in [6.07, 6.45) is 4.43. The number of hydrogen-bond donors (Lipinski definition) is 4. The first-order chi connectivity index (χ1) is 34.4. The Morgan fingerprint density at radius 3 is 2.32 bits per heavy atom. The van der Waals surface area contributed by atoms with Crippen LogP contribution in [0.4, 0.5) is 27.3 Å². The minimum absolute atomic E-state index is 0.0381. The van der Waals surface area contributed by atoms with Crippen LogP contribution in [0.5, 0.6) is 5.75 Å². The van der Waals surface area contributed by atoms with E-state index in [4.69, 9.17) is 35.3 Å². The molecule has 4 N–H and O–H groups in total. The van der Waals surface area contributed by atoms with Crippen LogP contribution in [-0.2, 0) is 38.1 Å². The van der Waals surface area contributed by atoms with Gasteiger partial charge in [-0.25, -0.2) is 14.4 Å². The van der Waals surface area contributed by atoms with Gasteiger partial charge in [-0.1, -0.05) is 30.3 Å². The van der Waals surface area contributed by atoms with Crippen molar-refractivity contribution in [1.29, 1.82) is 0 Å². The molecule has 1 atom stereocenters. The molecule has 2 aliphatic rings. The van der Waals surface area contributed by atoms with E-state index in [9.17, 15) is 33.2 Å². The number of aromatic nitrogens is 2. The second kappa shape index (κ2) is 27.7. The molecule has 0 spiro atoms. The Morgan fingerprint density at radius 2 is 1.63 bits per heavy atom. The third-order valence-electron chi connectivity index (χ3n) is 11.5. The van der Waals surface area contributed by atoms with Gasteiger partial charge in [0.15, 0.2) is 6.29 Å². The zero-order valence-electron chi connectivity index (χ0n) is 39.6. The number of carbonyl (C=O) groups excluding carboxylic acids is 6. The first kappa shape index (κ1) is 53.7. The molecule has 0 saturated carbocycles. The predicted octanol–water partition coefficient (Wildman–Crippen LogP) is 4.46. The summed E-state index contributed by atoms with van der Waals surface area (Å²) in [6, 6.07) is 11.7. The lowest BCUT2D eigenvalue weighted by Gasteiger charge is -2.34. The summed E-state index contributed by atoms with van der Waals surface area (Å²) in [4.78, 5) is 88.4. The van der Waals surface area contributed by atoms with Crippen molar-refractivity contribution in [2.24, 2.45) is 0 Å². The Labute approximate surface area is 415 Å². The number of amides is 5. The Morgan fingerprint density at radius 1 is 0.915 bits per heavy atom. The third-order valence-corrected chi connectivity index (χ3v) is 11.8. The Balaban J connectivity index is 0.781. The van der Waals surface area contributed by atoms with E-state index in [0.717, 1.165) is 25.7 Å². The number of carbonyl (C=O) groups is 6. The van der Waals surface area contributed by atoms with Crippen molar-refractivity contribution in [2.45, 2.75) is 31.7 Å².